The molecule has 0 amide bonds. The molecule has 214 valence electrons. The van der Waals surface area contributed by atoms with Crippen LogP contribution in [0.4, 0.5) is 30.7 Å². The second-order valence-electron chi connectivity index (χ2n) is 10.3. The van der Waals surface area contributed by atoms with Gasteiger partial charge >= 0.3 is 0 Å². The summed E-state index contributed by atoms with van der Waals surface area (Å²) in [5.74, 6) is -10.8. The van der Waals surface area contributed by atoms with Crippen molar-refractivity contribution in [3.05, 3.63) is 148 Å². The zero-order valence-electron chi connectivity index (χ0n) is 22.1. The third-order valence-electron chi connectivity index (χ3n) is 7.55. The van der Waals surface area contributed by atoms with Crippen molar-refractivity contribution in [3.8, 4) is 5.69 Å². The van der Waals surface area contributed by atoms with Crippen LogP contribution in [0.3, 0.4) is 0 Å². The predicted octanol–water partition coefficient (Wildman–Crippen LogP) is 8.89. The van der Waals surface area contributed by atoms with Crippen molar-refractivity contribution in [1.82, 2.24) is 14.0 Å². The third kappa shape index (κ3) is 4.08. The highest BCUT2D eigenvalue weighted by atomic mass is 19.2. The summed E-state index contributed by atoms with van der Waals surface area (Å²) in [5.41, 5.74) is -0.437. The average molecular weight is 590 g/mol. The lowest BCUT2D eigenvalue weighted by molar-refractivity contribution is 0.503. The maximum absolute atomic E-state index is 16.2. The molecule has 0 saturated heterocycles. The molecule has 3 nitrogen and oxygen atoms in total. The van der Waals surface area contributed by atoms with Gasteiger partial charge in [-0.15, -0.1) is 0 Å². The van der Waals surface area contributed by atoms with Crippen LogP contribution in [0.15, 0.2) is 84.9 Å². The summed E-state index contributed by atoms with van der Waals surface area (Å²) in [5, 5.41) is 0. The van der Waals surface area contributed by atoms with Crippen LogP contribution in [0.2, 0.25) is 0 Å². The SMILES string of the molecule is Cc1cc(F)c(C(c2cc(F)c(-n3c4ccccc4n4c5ccccc5nc34)c(F)c2)c2c(F)cc(F)cc2F)c(F)c1. The number of imidazole rings is 2. The molecule has 7 rings (SSSR count). The fraction of sp³-hybridized carbons (Fsp3) is 0.0606. The van der Waals surface area contributed by atoms with Gasteiger partial charge in [-0.05, 0) is 66.6 Å². The molecule has 0 bridgehead atoms. The van der Waals surface area contributed by atoms with Crippen molar-refractivity contribution in [2.24, 2.45) is 0 Å². The van der Waals surface area contributed by atoms with Crippen molar-refractivity contribution in [2.45, 2.75) is 12.8 Å². The lowest BCUT2D eigenvalue weighted by atomic mass is 9.83. The summed E-state index contributed by atoms with van der Waals surface area (Å²) in [6.45, 7) is 1.40. The minimum Gasteiger partial charge on any atom is -0.276 e. The molecule has 43 heavy (non-hydrogen) atoms. The van der Waals surface area contributed by atoms with Crippen LogP contribution in [-0.4, -0.2) is 14.0 Å². The quantitative estimate of drug-likeness (QED) is 0.149. The Hall–Kier alpha value is -5.12. The Balaban J connectivity index is 1.52. The van der Waals surface area contributed by atoms with Crippen LogP contribution in [0.25, 0.3) is 33.5 Å². The Morgan fingerprint density at radius 3 is 1.70 bits per heavy atom. The van der Waals surface area contributed by atoms with Crippen molar-refractivity contribution in [3.63, 3.8) is 0 Å². The van der Waals surface area contributed by atoms with Crippen LogP contribution in [-0.2, 0) is 0 Å². The minimum absolute atomic E-state index is 0.167. The fourth-order valence-corrected chi connectivity index (χ4v) is 5.83. The molecule has 0 N–H and O–H groups in total. The van der Waals surface area contributed by atoms with E-state index in [1.807, 2.05) is 6.07 Å². The molecule has 5 aromatic carbocycles. The first-order chi connectivity index (χ1) is 20.6. The van der Waals surface area contributed by atoms with Crippen molar-refractivity contribution in [2.75, 3.05) is 0 Å². The number of hydrogen-bond donors (Lipinski definition) is 0. The van der Waals surface area contributed by atoms with Crippen LogP contribution >= 0.6 is 0 Å². The van der Waals surface area contributed by atoms with E-state index in [4.69, 9.17) is 0 Å². The van der Waals surface area contributed by atoms with E-state index < -0.39 is 69.0 Å². The predicted molar refractivity (Wildman–Crippen MR) is 148 cm³/mol. The number of rotatable bonds is 4. The Kier molecular flexibility index (Phi) is 6.05. The zero-order chi connectivity index (χ0) is 30.2. The molecule has 7 aromatic rings. The maximum atomic E-state index is 16.2. The number of nitrogens with zero attached hydrogens (tertiary/aromatic N) is 3. The zero-order valence-corrected chi connectivity index (χ0v) is 22.1. The van der Waals surface area contributed by atoms with E-state index in [9.17, 15) is 4.39 Å². The van der Waals surface area contributed by atoms with E-state index in [2.05, 4.69) is 4.98 Å². The van der Waals surface area contributed by atoms with Gasteiger partial charge in [-0.2, -0.15) is 0 Å². The van der Waals surface area contributed by atoms with E-state index in [1.54, 1.807) is 46.9 Å². The van der Waals surface area contributed by atoms with Gasteiger partial charge in [-0.1, -0.05) is 24.3 Å². The van der Waals surface area contributed by atoms with Gasteiger partial charge in [0.15, 0.2) is 11.6 Å². The van der Waals surface area contributed by atoms with Crippen molar-refractivity contribution >= 4 is 27.8 Å². The average Bonchev–Trinajstić information content (AvgIpc) is 3.46. The van der Waals surface area contributed by atoms with Gasteiger partial charge in [0, 0.05) is 29.2 Å². The molecular weight excluding hydrogens is 571 g/mol. The monoisotopic (exact) mass is 589 g/mol. The van der Waals surface area contributed by atoms with E-state index in [0.717, 1.165) is 24.3 Å². The van der Waals surface area contributed by atoms with Gasteiger partial charge in [0.05, 0.1) is 22.1 Å². The van der Waals surface area contributed by atoms with Crippen LogP contribution < -0.4 is 0 Å². The third-order valence-corrected chi connectivity index (χ3v) is 7.55. The largest absolute Gasteiger partial charge is 0.276 e. The Bertz CT molecular complexity index is 2120. The van der Waals surface area contributed by atoms with E-state index >= 15 is 26.3 Å². The number of para-hydroxylation sites is 4. The van der Waals surface area contributed by atoms with Gasteiger partial charge in [0.25, 0.3) is 0 Å². The minimum atomic E-state index is -2.00. The summed E-state index contributed by atoms with van der Waals surface area (Å²) < 4.78 is 110. The van der Waals surface area contributed by atoms with Crippen LogP contribution in [0.1, 0.15) is 28.2 Å². The van der Waals surface area contributed by atoms with Gasteiger partial charge < -0.3 is 0 Å². The number of aryl methyl sites for hydroxylation is 1. The Morgan fingerprint density at radius 2 is 1.09 bits per heavy atom. The highest BCUT2D eigenvalue weighted by molar-refractivity contribution is 5.92. The van der Waals surface area contributed by atoms with Gasteiger partial charge in [-0.25, -0.2) is 35.7 Å². The topological polar surface area (TPSA) is 22.2 Å². The molecule has 1 unspecified atom stereocenters. The summed E-state index contributed by atoms with van der Waals surface area (Å²) in [4.78, 5) is 4.59. The standard InChI is InChI=1S/C33H18F7N3/c1-16-10-19(35)30(20(36)11-16)29(31-21(37)14-18(34)15-22(31)38)17-12-23(39)32(24(40)13-17)43-28-9-5-4-8-27(28)42-26-7-3-2-6-25(26)41-33(42)43/h2-15,29H,1H3. The number of aromatic nitrogens is 3. The van der Waals surface area contributed by atoms with Gasteiger partial charge in [0.1, 0.15) is 34.8 Å². The van der Waals surface area contributed by atoms with Crippen molar-refractivity contribution in [1.29, 1.82) is 0 Å². The molecule has 2 aromatic heterocycles. The van der Waals surface area contributed by atoms with Gasteiger partial charge in [0.2, 0.25) is 5.78 Å². The molecule has 1 atom stereocenters. The first-order valence-corrected chi connectivity index (χ1v) is 13.1. The normalized spacial score (nSPS) is 12.6. The highest BCUT2D eigenvalue weighted by Gasteiger charge is 2.32. The van der Waals surface area contributed by atoms with E-state index in [-0.39, 0.29) is 11.3 Å². The number of fused-ring (bicyclic) bond motifs is 5. The number of halogens is 7. The highest BCUT2D eigenvalue weighted by Crippen LogP contribution is 2.41. The second kappa shape index (κ2) is 9.72. The molecular formula is C33H18F7N3. The van der Waals surface area contributed by atoms with Crippen LogP contribution in [0, 0.1) is 47.6 Å². The first-order valence-electron chi connectivity index (χ1n) is 13.1. The van der Waals surface area contributed by atoms with Crippen LogP contribution in [0.5, 0.6) is 0 Å². The maximum Gasteiger partial charge on any atom is 0.220 e. The van der Waals surface area contributed by atoms with Crippen molar-refractivity contribution < 1.29 is 30.7 Å². The van der Waals surface area contributed by atoms with E-state index in [0.29, 0.717) is 34.2 Å². The van der Waals surface area contributed by atoms with Gasteiger partial charge in [-0.3, -0.25) is 8.97 Å². The molecule has 0 spiro atoms. The smallest absolute Gasteiger partial charge is 0.220 e. The molecule has 10 heteroatoms. The Labute approximate surface area is 239 Å². The summed E-state index contributed by atoms with van der Waals surface area (Å²) in [6.07, 6.45) is 0. The molecule has 0 aliphatic heterocycles. The lowest BCUT2D eigenvalue weighted by Gasteiger charge is -2.22. The molecule has 0 saturated carbocycles. The summed E-state index contributed by atoms with van der Waals surface area (Å²) >= 11 is 0. The molecule has 0 radical (unpaired) electrons. The summed E-state index contributed by atoms with van der Waals surface area (Å²) in [7, 11) is 0. The Morgan fingerprint density at radius 1 is 0.581 bits per heavy atom. The first kappa shape index (κ1) is 26.8. The number of hydrogen-bond acceptors (Lipinski definition) is 1. The lowest BCUT2D eigenvalue weighted by Crippen LogP contribution is -2.15. The van der Waals surface area contributed by atoms with E-state index in [1.165, 1.54) is 11.5 Å². The fourth-order valence-electron chi connectivity index (χ4n) is 5.83. The molecule has 0 aliphatic carbocycles. The molecule has 0 aliphatic rings. The number of benzene rings is 5. The summed E-state index contributed by atoms with van der Waals surface area (Å²) in [6, 6.07) is 18.0. The molecule has 2 heterocycles. The molecule has 0 fully saturated rings. The second-order valence-corrected chi connectivity index (χ2v) is 10.3.